The number of halogens is 1. The number of ketones is 1. The van der Waals surface area contributed by atoms with Crippen LogP contribution in [0.5, 0.6) is 0 Å². The van der Waals surface area contributed by atoms with Crippen molar-refractivity contribution < 1.29 is 9.59 Å². The molecule has 0 bridgehead atoms. The molecule has 0 atom stereocenters. The molecule has 106 valence electrons. The summed E-state index contributed by atoms with van der Waals surface area (Å²) in [4.78, 5) is 24.1. The average molecular weight is 299 g/mol. The van der Waals surface area contributed by atoms with E-state index in [-0.39, 0.29) is 11.4 Å². The van der Waals surface area contributed by atoms with Gasteiger partial charge in [0.15, 0.2) is 5.78 Å². The fraction of sp³-hybridized carbons (Fsp3) is 0.111. The molecular formula is C18H15ClO2. The summed E-state index contributed by atoms with van der Waals surface area (Å²) in [5, 5.41) is -0.597. The molecule has 0 heterocycles. The Hall–Kier alpha value is -2.19. The minimum absolute atomic E-state index is 0.193. The second-order valence-electron chi connectivity index (χ2n) is 4.95. The lowest BCUT2D eigenvalue weighted by Gasteiger charge is -2.11. The maximum Gasteiger partial charge on any atom is 0.253 e. The zero-order chi connectivity index (χ0) is 15.6. The first kappa shape index (κ1) is 15.2. The normalized spacial score (nSPS) is 10.2. The highest BCUT2D eigenvalue weighted by Crippen LogP contribution is 2.25. The van der Waals surface area contributed by atoms with Crippen LogP contribution in [-0.4, -0.2) is 11.0 Å². The smallest absolute Gasteiger partial charge is 0.253 e. The van der Waals surface area contributed by atoms with Crippen LogP contribution < -0.4 is 0 Å². The number of hydrogen-bond acceptors (Lipinski definition) is 2. The van der Waals surface area contributed by atoms with Crippen LogP contribution in [-0.2, 0) is 0 Å². The molecule has 0 aliphatic heterocycles. The van der Waals surface area contributed by atoms with Crippen LogP contribution >= 0.6 is 11.6 Å². The molecule has 21 heavy (non-hydrogen) atoms. The SMILES string of the molecule is C=C(C(=O)c1cc(C)ccc1C)c1ccccc1C(=O)Cl. The van der Waals surface area contributed by atoms with E-state index < -0.39 is 5.24 Å². The summed E-state index contributed by atoms with van der Waals surface area (Å²) in [6.45, 7) is 7.65. The zero-order valence-electron chi connectivity index (χ0n) is 11.9. The van der Waals surface area contributed by atoms with Gasteiger partial charge in [0.25, 0.3) is 5.24 Å². The van der Waals surface area contributed by atoms with Crippen molar-refractivity contribution in [3.05, 3.63) is 76.9 Å². The third-order valence-corrected chi connectivity index (χ3v) is 3.58. The van der Waals surface area contributed by atoms with Gasteiger partial charge < -0.3 is 0 Å². The van der Waals surface area contributed by atoms with E-state index in [0.29, 0.717) is 16.7 Å². The molecule has 2 rings (SSSR count). The van der Waals surface area contributed by atoms with E-state index in [1.54, 1.807) is 24.3 Å². The summed E-state index contributed by atoms with van der Waals surface area (Å²) < 4.78 is 0. The van der Waals surface area contributed by atoms with Gasteiger partial charge in [0.1, 0.15) is 0 Å². The fourth-order valence-electron chi connectivity index (χ4n) is 2.18. The van der Waals surface area contributed by atoms with E-state index in [2.05, 4.69) is 6.58 Å². The van der Waals surface area contributed by atoms with Gasteiger partial charge in [-0.15, -0.1) is 0 Å². The zero-order valence-corrected chi connectivity index (χ0v) is 12.7. The highest BCUT2D eigenvalue weighted by atomic mass is 35.5. The Morgan fingerprint density at radius 2 is 1.57 bits per heavy atom. The molecule has 0 amide bonds. The average Bonchev–Trinajstić information content (AvgIpc) is 2.48. The Morgan fingerprint density at radius 3 is 2.19 bits per heavy atom. The predicted octanol–water partition coefficient (Wildman–Crippen LogP) is 4.58. The van der Waals surface area contributed by atoms with Crippen molar-refractivity contribution in [2.75, 3.05) is 0 Å². The van der Waals surface area contributed by atoms with Crippen molar-refractivity contribution in [3.63, 3.8) is 0 Å². The molecular weight excluding hydrogens is 284 g/mol. The van der Waals surface area contributed by atoms with Crippen LogP contribution in [0.15, 0.2) is 49.0 Å². The van der Waals surface area contributed by atoms with Crippen LogP contribution in [0, 0.1) is 13.8 Å². The maximum atomic E-state index is 12.6. The molecule has 2 nitrogen and oxygen atoms in total. The van der Waals surface area contributed by atoms with Crippen LogP contribution in [0.4, 0.5) is 0 Å². The molecule has 0 aliphatic rings. The third-order valence-electron chi connectivity index (χ3n) is 3.38. The number of rotatable bonds is 4. The maximum absolute atomic E-state index is 12.6. The van der Waals surface area contributed by atoms with Gasteiger partial charge in [-0.1, -0.05) is 42.5 Å². The van der Waals surface area contributed by atoms with E-state index >= 15 is 0 Å². The summed E-state index contributed by atoms with van der Waals surface area (Å²) >= 11 is 5.57. The van der Waals surface area contributed by atoms with E-state index in [9.17, 15) is 9.59 Å². The topological polar surface area (TPSA) is 34.1 Å². The Labute approximate surface area is 129 Å². The van der Waals surface area contributed by atoms with Gasteiger partial charge in [-0.2, -0.15) is 0 Å². The minimum atomic E-state index is -0.597. The van der Waals surface area contributed by atoms with Gasteiger partial charge in [0, 0.05) is 16.7 Å². The number of benzene rings is 2. The van der Waals surface area contributed by atoms with Crippen molar-refractivity contribution in [3.8, 4) is 0 Å². The molecule has 3 heteroatoms. The predicted molar refractivity (Wildman–Crippen MR) is 85.9 cm³/mol. The summed E-state index contributed by atoms with van der Waals surface area (Å²) in [7, 11) is 0. The first-order chi connectivity index (χ1) is 9.91. The highest BCUT2D eigenvalue weighted by Gasteiger charge is 2.19. The van der Waals surface area contributed by atoms with Crippen molar-refractivity contribution >= 4 is 28.2 Å². The van der Waals surface area contributed by atoms with Crippen molar-refractivity contribution in [2.24, 2.45) is 0 Å². The number of Topliss-reactive ketones (excluding diaryl/α,β-unsaturated/α-hetero) is 1. The molecule has 0 N–H and O–H groups in total. The van der Waals surface area contributed by atoms with Crippen LogP contribution in [0.1, 0.15) is 37.4 Å². The van der Waals surface area contributed by atoms with Crippen LogP contribution in [0.2, 0.25) is 0 Å². The van der Waals surface area contributed by atoms with E-state index in [0.717, 1.165) is 11.1 Å². The Balaban J connectivity index is 2.48. The first-order valence-electron chi connectivity index (χ1n) is 6.52. The number of hydrogen-bond donors (Lipinski definition) is 0. The fourth-order valence-corrected chi connectivity index (χ4v) is 2.35. The summed E-state index contributed by atoms with van der Waals surface area (Å²) in [5.41, 5.74) is 3.51. The van der Waals surface area contributed by atoms with Crippen LogP contribution in [0.3, 0.4) is 0 Å². The van der Waals surface area contributed by atoms with Crippen molar-refractivity contribution in [2.45, 2.75) is 13.8 Å². The van der Waals surface area contributed by atoms with E-state index in [1.807, 2.05) is 32.0 Å². The van der Waals surface area contributed by atoms with Gasteiger partial charge in [0.05, 0.1) is 0 Å². The minimum Gasteiger partial charge on any atom is -0.289 e. The summed E-state index contributed by atoms with van der Waals surface area (Å²) in [5.74, 6) is -0.193. The molecule has 0 aliphatic carbocycles. The van der Waals surface area contributed by atoms with Gasteiger partial charge in [-0.05, 0) is 48.7 Å². The third kappa shape index (κ3) is 3.11. The number of aryl methyl sites for hydroxylation is 2. The molecule has 2 aromatic rings. The molecule has 0 radical (unpaired) electrons. The van der Waals surface area contributed by atoms with Crippen molar-refractivity contribution in [1.29, 1.82) is 0 Å². The van der Waals surface area contributed by atoms with Crippen molar-refractivity contribution in [1.82, 2.24) is 0 Å². The molecule has 0 aromatic heterocycles. The molecule has 0 fully saturated rings. The van der Waals surface area contributed by atoms with Gasteiger partial charge in [-0.3, -0.25) is 9.59 Å². The molecule has 0 saturated carbocycles. The number of carbonyl (C=O) groups is 2. The largest absolute Gasteiger partial charge is 0.289 e. The molecule has 2 aromatic carbocycles. The standard InChI is InChI=1S/C18H15ClO2/c1-11-8-9-12(2)16(10-11)17(20)13(3)14-6-4-5-7-15(14)18(19)21/h4-10H,3H2,1-2H3. The van der Waals surface area contributed by atoms with E-state index in [1.165, 1.54) is 0 Å². The number of allylic oxidation sites excluding steroid dienone is 1. The lowest BCUT2D eigenvalue weighted by Crippen LogP contribution is -2.07. The Bertz CT molecular complexity index is 745. The lowest BCUT2D eigenvalue weighted by molar-refractivity contribution is 0.105. The summed E-state index contributed by atoms with van der Waals surface area (Å²) in [6, 6.07) is 12.4. The molecule has 0 spiro atoms. The number of carbonyl (C=O) groups excluding carboxylic acids is 2. The monoisotopic (exact) mass is 298 g/mol. The quantitative estimate of drug-likeness (QED) is 0.470. The molecule has 0 saturated heterocycles. The Morgan fingerprint density at radius 1 is 0.952 bits per heavy atom. The van der Waals surface area contributed by atoms with Gasteiger partial charge >= 0.3 is 0 Å². The molecule has 0 unspecified atom stereocenters. The highest BCUT2D eigenvalue weighted by molar-refractivity contribution is 6.68. The Kier molecular flexibility index (Phi) is 4.39. The van der Waals surface area contributed by atoms with E-state index in [4.69, 9.17) is 11.6 Å². The van der Waals surface area contributed by atoms with Gasteiger partial charge in [0.2, 0.25) is 0 Å². The summed E-state index contributed by atoms with van der Waals surface area (Å²) in [6.07, 6.45) is 0. The second kappa shape index (κ2) is 6.06. The lowest BCUT2D eigenvalue weighted by atomic mass is 9.92. The van der Waals surface area contributed by atoms with Crippen LogP contribution in [0.25, 0.3) is 5.57 Å². The first-order valence-corrected chi connectivity index (χ1v) is 6.89. The van der Waals surface area contributed by atoms with Gasteiger partial charge in [-0.25, -0.2) is 0 Å². The second-order valence-corrected chi connectivity index (χ2v) is 5.29.